The molecule has 3 rings (SSSR count). The lowest BCUT2D eigenvalue weighted by molar-refractivity contribution is 0.102. The molecule has 2 aromatic carbocycles. The lowest BCUT2D eigenvalue weighted by Gasteiger charge is -2.38. The number of benzene rings is 2. The number of carbonyl (C=O) groups is 1. The van der Waals surface area contributed by atoms with Gasteiger partial charge in [0.2, 0.25) is 0 Å². The van der Waals surface area contributed by atoms with Crippen LogP contribution in [-0.4, -0.2) is 30.4 Å². The molecule has 30 heavy (non-hydrogen) atoms. The summed E-state index contributed by atoms with van der Waals surface area (Å²) in [7, 11) is 0. The van der Waals surface area contributed by atoms with Crippen molar-refractivity contribution in [3.05, 3.63) is 65.2 Å². The third kappa shape index (κ3) is 5.96. The molecule has 2 aromatic rings. The Kier molecular flexibility index (Phi) is 6.99. The number of nitrogens with one attached hydrogen (secondary N) is 1. The predicted molar refractivity (Wildman–Crippen MR) is 128 cm³/mol. The molecule has 1 fully saturated rings. The number of para-hydroxylation sites is 2. The second-order valence-electron chi connectivity index (χ2n) is 9.53. The number of amides is 1. The van der Waals surface area contributed by atoms with Crippen LogP contribution in [0.15, 0.2) is 54.1 Å². The van der Waals surface area contributed by atoms with Crippen molar-refractivity contribution >= 4 is 23.4 Å². The van der Waals surface area contributed by atoms with Crippen LogP contribution in [0, 0.1) is 11.3 Å². The summed E-state index contributed by atoms with van der Waals surface area (Å²) in [5.41, 5.74) is 10.8. The molecule has 1 heterocycles. The number of nitrogens with zero attached hydrogens (tertiary/aromatic N) is 1. The van der Waals surface area contributed by atoms with E-state index in [4.69, 9.17) is 5.73 Å². The Labute approximate surface area is 181 Å². The van der Waals surface area contributed by atoms with Gasteiger partial charge < -0.3 is 16.0 Å². The van der Waals surface area contributed by atoms with E-state index in [0.717, 1.165) is 38.0 Å². The van der Waals surface area contributed by atoms with E-state index in [1.165, 1.54) is 5.57 Å². The molecule has 4 heteroatoms. The van der Waals surface area contributed by atoms with Gasteiger partial charge in [0.1, 0.15) is 0 Å². The van der Waals surface area contributed by atoms with Crippen LogP contribution in [0.5, 0.6) is 0 Å². The quantitative estimate of drug-likeness (QED) is 0.629. The average molecular weight is 406 g/mol. The van der Waals surface area contributed by atoms with E-state index in [1.807, 2.05) is 42.5 Å². The minimum absolute atomic E-state index is 0.144. The molecule has 0 aromatic heterocycles. The highest BCUT2D eigenvalue weighted by Gasteiger charge is 2.25. The molecule has 1 aliphatic rings. The summed E-state index contributed by atoms with van der Waals surface area (Å²) in [6.45, 7) is 12.6. The van der Waals surface area contributed by atoms with E-state index >= 15 is 0 Å². The second kappa shape index (κ2) is 9.48. The van der Waals surface area contributed by atoms with Gasteiger partial charge in [0.25, 0.3) is 5.91 Å². The van der Waals surface area contributed by atoms with Crippen LogP contribution in [-0.2, 0) is 0 Å². The van der Waals surface area contributed by atoms with Gasteiger partial charge in [0, 0.05) is 25.2 Å². The molecule has 1 atom stereocenters. The zero-order valence-electron chi connectivity index (χ0n) is 18.7. The summed E-state index contributed by atoms with van der Waals surface area (Å²) in [4.78, 5) is 15.1. The van der Waals surface area contributed by atoms with Crippen LogP contribution in [0.1, 0.15) is 56.5 Å². The van der Waals surface area contributed by atoms with Crippen LogP contribution in [0.25, 0.3) is 6.08 Å². The van der Waals surface area contributed by atoms with Crippen molar-refractivity contribution in [1.29, 1.82) is 0 Å². The van der Waals surface area contributed by atoms with E-state index in [2.05, 4.69) is 44.0 Å². The van der Waals surface area contributed by atoms with Crippen molar-refractivity contribution in [2.45, 2.75) is 40.5 Å². The first kappa shape index (κ1) is 22.1. The van der Waals surface area contributed by atoms with Gasteiger partial charge in [-0.2, -0.15) is 0 Å². The number of hydrogen-bond donors (Lipinski definition) is 2. The van der Waals surface area contributed by atoms with Crippen molar-refractivity contribution in [3.8, 4) is 0 Å². The second-order valence-corrected chi connectivity index (χ2v) is 9.53. The molecule has 4 nitrogen and oxygen atoms in total. The van der Waals surface area contributed by atoms with Crippen LogP contribution in [0.3, 0.4) is 0 Å². The third-order valence-corrected chi connectivity index (χ3v) is 5.64. The lowest BCUT2D eigenvalue weighted by Crippen LogP contribution is -2.41. The van der Waals surface area contributed by atoms with Gasteiger partial charge in [-0.15, -0.1) is 0 Å². The number of piperidine rings is 1. The molecule has 1 unspecified atom stereocenters. The largest absolute Gasteiger partial charge is 0.397 e. The maximum absolute atomic E-state index is 12.5. The van der Waals surface area contributed by atoms with Crippen molar-refractivity contribution in [3.63, 3.8) is 0 Å². The van der Waals surface area contributed by atoms with Crippen molar-refractivity contribution in [2.75, 3.05) is 30.7 Å². The van der Waals surface area contributed by atoms with Gasteiger partial charge in [0.05, 0.1) is 11.4 Å². The van der Waals surface area contributed by atoms with E-state index < -0.39 is 0 Å². The number of hydrogen-bond acceptors (Lipinski definition) is 3. The van der Waals surface area contributed by atoms with Crippen LogP contribution in [0.4, 0.5) is 11.4 Å². The molecule has 0 aliphatic carbocycles. The SMILES string of the molecule is CCC1CN(CC(C)(C)C)CCC1=Cc1ccc(C(=O)Nc2ccccc2N)cc1. The Morgan fingerprint density at radius 2 is 1.87 bits per heavy atom. The molecule has 0 bridgehead atoms. The first-order valence-electron chi connectivity index (χ1n) is 10.9. The van der Waals surface area contributed by atoms with Crippen molar-refractivity contribution < 1.29 is 4.79 Å². The highest BCUT2D eigenvalue weighted by Crippen LogP contribution is 2.29. The topological polar surface area (TPSA) is 58.4 Å². The third-order valence-electron chi connectivity index (χ3n) is 5.64. The standard InChI is InChI=1S/C26H35N3O/c1-5-20-17-29(18-26(2,3)4)15-14-22(20)16-19-10-12-21(13-11-19)25(30)28-24-9-7-6-8-23(24)27/h6-13,16,20H,5,14-15,17-18,27H2,1-4H3,(H,28,30). The Balaban J connectivity index is 1.66. The van der Waals surface area contributed by atoms with Gasteiger partial charge in [-0.05, 0) is 54.0 Å². The number of nitrogen functional groups attached to an aromatic ring is 1. The fraction of sp³-hybridized carbons (Fsp3) is 0.423. The van der Waals surface area contributed by atoms with E-state index in [9.17, 15) is 4.79 Å². The maximum atomic E-state index is 12.5. The zero-order chi connectivity index (χ0) is 21.7. The number of anilines is 2. The Bertz CT molecular complexity index is 893. The van der Waals surface area contributed by atoms with E-state index in [0.29, 0.717) is 28.3 Å². The van der Waals surface area contributed by atoms with E-state index in [-0.39, 0.29) is 5.91 Å². The maximum Gasteiger partial charge on any atom is 0.255 e. The fourth-order valence-corrected chi connectivity index (χ4v) is 4.16. The van der Waals surface area contributed by atoms with Gasteiger partial charge in [-0.25, -0.2) is 0 Å². The summed E-state index contributed by atoms with van der Waals surface area (Å²) >= 11 is 0. The van der Waals surface area contributed by atoms with Crippen LogP contribution >= 0.6 is 0 Å². The molecule has 1 amide bonds. The summed E-state index contributed by atoms with van der Waals surface area (Å²) in [5.74, 6) is 0.458. The molecule has 0 radical (unpaired) electrons. The minimum atomic E-state index is -0.144. The highest BCUT2D eigenvalue weighted by molar-refractivity contribution is 6.05. The van der Waals surface area contributed by atoms with Crippen molar-refractivity contribution in [2.24, 2.45) is 11.3 Å². The summed E-state index contributed by atoms with van der Waals surface area (Å²) in [6, 6.07) is 15.1. The molecule has 0 saturated carbocycles. The van der Waals surface area contributed by atoms with Crippen molar-refractivity contribution in [1.82, 2.24) is 4.90 Å². The highest BCUT2D eigenvalue weighted by atomic mass is 16.1. The summed E-state index contributed by atoms with van der Waals surface area (Å²) < 4.78 is 0. The van der Waals surface area contributed by atoms with Crippen LogP contribution < -0.4 is 11.1 Å². The summed E-state index contributed by atoms with van der Waals surface area (Å²) in [5, 5.41) is 2.88. The van der Waals surface area contributed by atoms with E-state index in [1.54, 1.807) is 6.07 Å². The monoisotopic (exact) mass is 405 g/mol. The molecule has 160 valence electrons. The van der Waals surface area contributed by atoms with Gasteiger partial charge >= 0.3 is 0 Å². The van der Waals surface area contributed by atoms with Gasteiger partial charge in [0.15, 0.2) is 0 Å². The fourth-order valence-electron chi connectivity index (χ4n) is 4.16. The molecular formula is C26H35N3O. The number of likely N-dealkylation sites (tertiary alicyclic amines) is 1. The Hall–Kier alpha value is -2.59. The normalized spacial score (nSPS) is 19.1. The first-order chi connectivity index (χ1) is 14.2. The Morgan fingerprint density at radius 1 is 1.17 bits per heavy atom. The average Bonchev–Trinajstić information content (AvgIpc) is 2.70. The molecule has 1 aliphatic heterocycles. The lowest BCUT2D eigenvalue weighted by atomic mass is 9.86. The zero-order valence-corrected chi connectivity index (χ0v) is 18.7. The molecule has 0 spiro atoms. The van der Waals surface area contributed by atoms with Crippen LogP contribution in [0.2, 0.25) is 0 Å². The molecule has 3 N–H and O–H groups in total. The molecule has 1 saturated heterocycles. The van der Waals surface area contributed by atoms with Gasteiger partial charge in [-0.1, -0.05) is 63.6 Å². The Morgan fingerprint density at radius 3 is 2.50 bits per heavy atom. The number of carbonyl (C=O) groups excluding carboxylic acids is 1. The number of rotatable bonds is 5. The minimum Gasteiger partial charge on any atom is -0.397 e. The smallest absolute Gasteiger partial charge is 0.255 e. The predicted octanol–water partition coefficient (Wildman–Crippen LogP) is 5.68. The first-order valence-corrected chi connectivity index (χ1v) is 10.9. The summed E-state index contributed by atoms with van der Waals surface area (Å²) in [6.07, 6.45) is 4.59. The number of nitrogens with two attached hydrogens (primary N) is 1. The molecular weight excluding hydrogens is 370 g/mol. The van der Waals surface area contributed by atoms with Gasteiger partial charge in [-0.3, -0.25) is 4.79 Å².